The minimum absolute atomic E-state index is 0.0184. The maximum absolute atomic E-state index is 12.9. The highest BCUT2D eigenvalue weighted by molar-refractivity contribution is 5.76. The molecule has 186 valence electrons. The lowest BCUT2D eigenvalue weighted by atomic mass is 10.0. The molecule has 0 bridgehead atoms. The van der Waals surface area contributed by atoms with E-state index in [9.17, 15) is 10.1 Å². The molecular formula is C28H31N5O3. The molecule has 2 atom stereocenters. The van der Waals surface area contributed by atoms with Crippen molar-refractivity contribution in [1.29, 1.82) is 5.26 Å². The number of piperidine rings is 1. The molecule has 1 saturated heterocycles. The number of benzene rings is 2. The Morgan fingerprint density at radius 2 is 2.14 bits per heavy atom. The third kappa shape index (κ3) is 4.78. The minimum Gasteiger partial charge on any atom is -0.490 e. The van der Waals surface area contributed by atoms with Gasteiger partial charge in [-0.05, 0) is 74.8 Å². The van der Waals surface area contributed by atoms with Crippen LogP contribution < -0.4 is 10.1 Å². The highest BCUT2D eigenvalue weighted by Gasteiger charge is 2.30. The summed E-state index contributed by atoms with van der Waals surface area (Å²) in [7, 11) is 0. The van der Waals surface area contributed by atoms with Crippen molar-refractivity contribution in [1.82, 2.24) is 20.4 Å². The Bertz CT molecular complexity index is 1310. The number of amides is 2. The Balaban J connectivity index is 1.36. The molecule has 1 aliphatic carbocycles. The molecule has 1 N–H and O–H groups in total. The fraction of sp³-hybridized carbons (Fsp3) is 0.429. The van der Waals surface area contributed by atoms with E-state index in [1.54, 1.807) is 12.1 Å². The molecule has 2 aliphatic rings. The standard InChI is InChI=1S/C28H31N5O3/c1-17(2)35-25-12-9-19(14-20(25)15-29)27-31-26(32-36-27)23-8-4-7-22-21(23)10-11-24(22)30-28(34)33-13-5-6-18(3)16-33/h4,7-9,12,14,17-18,24H,5-6,10-11,13,16H2,1-3H3,(H,30,34)/t18-,24+/m0/s1. The second-order valence-corrected chi connectivity index (χ2v) is 10.0. The number of carbonyl (C=O) groups excluding carboxylic acids is 1. The molecule has 0 spiro atoms. The molecule has 1 aliphatic heterocycles. The molecule has 0 unspecified atom stereocenters. The van der Waals surface area contributed by atoms with Crippen LogP contribution in [0.15, 0.2) is 40.9 Å². The molecule has 3 aromatic rings. The summed E-state index contributed by atoms with van der Waals surface area (Å²) < 4.78 is 11.3. The van der Waals surface area contributed by atoms with Gasteiger partial charge in [-0.3, -0.25) is 0 Å². The van der Waals surface area contributed by atoms with Crippen LogP contribution in [0.25, 0.3) is 22.8 Å². The molecule has 2 aromatic carbocycles. The van der Waals surface area contributed by atoms with Gasteiger partial charge >= 0.3 is 6.03 Å². The summed E-state index contributed by atoms with van der Waals surface area (Å²) in [5.74, 6) is 1.92. The lowest BCUT2D eigenvalue weighted by Gasteiger charge is -2.32. The first-order valence-electron chi connectivity index (χ1n) is 12.7. The molecule has 2 heterocycles. The lowest BCUT2D eigenvalue weighted by molar-refractivity contribution is 0.166. The number of hydrogen-bond acceptors (Lipinski definition) is 6. The molecule has 0 saturated carbocycles. The van der Waals surface area contributed by atoms with Gasteiger partial charge in [-0.25, -0.2) is 4.79 Å². The summed E-state index contributed by atoms with van der Waals surface area (Å²) in [6.45, 7) is 7.67. The largest absolute Gasteiger partial charge is 0.490 e. The second kappa shape index (κ2) is 10.0. The zero-order chi connectivity index (χ0) is 25.2. The molecule has 1 fully saturated rings. The summed E-state index contributed by atoms with van der Waals surface area (Å²) in [5, 5.41) is 17.0. The van der Waals surface area contributed by atoms with Gasteiger partial charge in [0.25, 0.3) is 5.89 Å². The van der Waals surface area contributed by atoms with Crippen molar-refractivity contribution in [2.45, 2.75) is 58.6 Å². The van der Waals surface area contributed by atoms with Crippen LogP contribution in [0.3, 0.4) is 0 Å². The monoisotopic (exact) mass is 485 g/mol. The minimum atomic E-state index is -0.0323. The summed E-state index contributed by atoms with van der Waals surface area (Å²) in [5.41, 5.74) is 4.24. The van der Waals surface area contributed by atoms with Crippen LogP contribution in [-0.4, -0.2) is 40.3 Å². The lowest BCUT2D eigenvalue weighted by Crippen LogP contribution is -2.45. The first-order chi connectivity index (χ1) is 17.4. The van der Waals surface area contributed by atoms with Crippen molar-refractivity contribution in [2.75, 3.05) is 13.1 Å². The Morgan fingerprint density at radius 3 is 2.92 bits per heavy atom. The van der Waals surface area contributed by atoms with Crippen LogP contribution in [-0.2, 0) is 6.42 Å². The SMILES string of the molecule is CC(C)Oc1ccc(-c2nc(-c3cccc4c3CC[C@H]4NC(=O)N3CCC[C@H](C)C3)no2)cc1C#N. The van der Waals surface area contributed by atoms with E-state index < -0.39 is 0 Å². The van der Waals surface area contributed by atoms with Crippen LogP contribution in [0, 0.1) is 17.2 Å². The average molecular weight is 486 g/mol. The summed E-state index contributed by atoms with van der Waals surface area (Å²) in [6, 6.07) is 13.5. The maximum atomic E-state index is 12.9. The molecular weight excluding hydrogens is 454 g/mol. The second-order valence-electron chi connectivity index (χ2n) is 10.0. The zero-order valence-corrected chi connectivity index (χ0v) is 21.0. The van der Waals surface area contributed by atoms with Crippen molar-refractivity contribution in [3.8, 4) is 34.7 Å². The quantitative estimate of drug-likeness (QED) is 0.512. The number of nitrogens with zero attached hydrogens (tertiary/aromatic N) is 4. The Labute approximate surface area is 211 Å². The van der Waals surface area contributed by atoms with Crippen LogP contribution in [0.5, 0.6) is 5.75 Å². The third-order valence-corrected chi connectivity index (χ3v) is 6.89. The van der Waals surface area contributed by atoms with Gasteiger partial charge in [0.05, 0.1) is 17.7 Å². The summed E-state index contributed by atoms with van der Waals surface area (Å²) in [4.78, 5) is 19.5. The van der Waals surface area contributed by atoms with Gasteiger partial charge in [0.1, 0.15) is 11.8 Å². The van der Waals surface area contributed by atoms with Crippen molar-refractivity contribution >= 4 is 6.03 Å². The number of urea groups is 1. The number of likely N-dealkylation sites (tertiary alicyclic amines) is 1. The fourth-order valence-corrected chi connectivity index (χ4v) is 5.19. The molecule has 5 rings (SSSR count). The van der Waals surface area contributed by atoms with Crippen molar-refractivity contribution in [3.63, 3.8) is 0 Å². The van der Waals surface area contributed by atoms with E-state index in [0.29, 0.717) is 34.5 Å². The number of ether oxygens (including phenoxy) is 1. The van der Waals surface area contributed by atoms with Crippen LogP contribution in [0.2, 0.25) is 0 Å². The molecule has 36 heavy (non-hydrogen) atoms. The third-order valence-electron chi connectivity index (χ3n) is 6.89. The van der Waals surface area contributed by atoms with Gasteiger partial charge in [0.15, 0.2) is 0 Å². The average Bonchev–Trinajstić information content (AvgIpc) is 3.52. The van der Waals surface area contributed by atoms with E-state index in [0.717, 1.165) is 49.0 Å². The molecule has 0 radical (unpaired) electrons. The predicted octanol–water partition coefficient (Wildman–Crippen LogP) is 5.49. The number of carbonyl (C=O) groups is 1. The van der Waals surface area contributed by atoms with Crippen LogP contribution in [0.1, 0.15) is 62.8 Å². The molecule has 1 aromatic heterocycles. The van der Waals surface area contributed by atoms with E-state index in [-0.39, 0.29) is 18.2 Å². The number of fused-ring (bicyclic) bond motifs is 1. The van der Waals surface area contributed by atoms with Gasteiger partial charge in [0.2, 0.25) is 5.82 Å². The van der Waals surface area contributed by atoms with E-state index in [1.165, 1.54) is 6.42 Å². The van der Waals surface area contributed by atoms with Gasteiger partial charge in [-0.2, -0.15) is 10.2 Å². The number of nitriles is 1. The van der Waals surface area contributed by atoms with E-state index >= 15 is 0 Å². The number of nitrogens with one attached hydrogen (secondary N) is 1. The number of hydrogen-bond donors (Lipinski definition) is 1. The van der Waals surface area contributed by atoms with E-state index in [2.05, 4.69) is 34.5 Å². The van der Waals surface area contributed by atoms with Crippen molar-refractivity contribution < 1.29 is 14.1 Å². The molecule has 2 amide bonds. The van der Waals surface area contributed by atoms with Crippen molar-refractivity contribution in [3.05, 3.63) is 53.1 Å². The Kier molecular flexibility index (Phi) is 6.64. The predicted molar refractivity (Wildman–Crippen MR) is 135 cm³/mol. The summed E-state index contributed by atoms with van der Waals surface area (Å²) in [6.07, 6.45) is 3.88. The van der Waals surface area contributed by atoms with Crippen LogP contribution in [0.4, 0.5) is 4.79 Å². The smallest absolute Gasteiger partial charge is 0.317 e. The normalized spacial score (nSPS) is 19.1. The van der Waals surface area contributed by atoms with Gasteiger partial charge in [-0.1, -0.05) is 30.3 Å². The number of rotatable bonds is 5. The van der Waals surface area contributed by atoms with Crippen molar-refractivity contribution in [2.24, 2.45) is 5.92 Å². The zero-order valence-electron chi connectivity index (χ0n) is 21.0. The first-order valence-corrected chi connectivity index (χ1v) is 12.7. The maximum Gasteiger partial charge on any atom is 0.317 e. The first kappa shape index (κ1) is 23.9. The van der Waals surface area contributed by atoms with E-state index in [1.807, 2.05) is 36.9 Å². The van der Waals surface area contributed by atoms with Crippen LogP contribution >= 0.6 is 0 Å². The highest BCUT2D eigenvalue weighted by Crippen LogP contribution is 2.38. The number of aromatic nitrogens is 2. The fourth-order valence-electron chi connectivity index (χ4n) is 5.19. The Morgan fingerprint density at radius 1 is 1.28 bits per heavy atom. The summed E-state index contributed by atoms with van der Waals surface area (Å²) >= 11 is 0. The molecule has 8 nitrogen and oxygen atoms in total. The van der Waals surface area contributed by atoms with Gasteiger partial charge in [0, 0.05) is 24.2 Å². The topological polar surface area (TPSA) is 104 Å². The Hall–Kier alpha value is -3.86. The molecule has 8 heteroatoms. The van der Waals surface area contributed by atoms with Gasteiger partial charge < -0.3 is 19.5 Å². The van der Waals surface area contributed by atoms with E-state index in [4.69, 9.17) is 9.26 Å². The highest BCUT2D eigenvalue weighted by atomic mass is 16.5. The van der Waals surface area contributed by atoms with Gasteiger partial charge in [-0.15, -0.1) is 0 Å².